The first kappa shape index (κ1) is 30.4. The molecule has 40 heavy (non-hydrogen) atoms. The van der Waals surface area contributed by atoms with Gasteiger partial charge in [0.2, 0.25) is 11.8 Å². The van der Waals surface area contributed by atoms with E-state index in [1.807, 2.05) is 0 Å². The molecule has 0 aliphatic rings. The number of ether oxygens (including phenoxy) is 2. The lowest BCUT2D eigenvalue weighted by molar-refractivity contribution is -0.139. The third kappa shape index (κ3) is 7.50. The van der Waals surface area contributed by atoms with Crippen LogP contribution in [0.5, 0.6) is 11.5 Å². The number of sulfonamides is 1. The number of hydrogen-bond acceptors (Lipinski definition) is 6. The number of carbonyl (C=O) groups is 2. The molecule has 0 unspecified atom stereocenters. The first-order chi connectivity index (χ1) is 19.0. The van der Waals surface area contributed by atoms with Gasteiger partial charge in [0.1, 0.15) is 29.9 Å². The number of amides is 2. The molecule has 2 amide bonds. The fourth-order valence-electron chi connectivity index (χ4n) is 3.93. The first-order valence-corrected chi connectivity index (χ1v) is 14.1. The third-order valence-corrected chi connectivity index (χ3v) is 7.94. The van der Waals surface area contributed by atoms with Gasteiger partial charge in [0.15, 0.2) is 0 Å². The molecule has 3 aromatic carbocycles. The van der Waals surface area contributed by atoms with Gasteiger partial charge in [0, 0.05) is 12.6 Å². The van der Waals surface area contributed by atoms with Gasteiger partial charge in [-0.05, 0) is 87.0 Å². The predicted molar refractivity (Wildman–Crippen MR) is 150 cm³/mol. The number of halogens is 1. The van der Waals surface area contributed by atoms with Crippen LogP contribution in [0, 0.1) is 5.82 Å². The minimum atomic E-state index is -4.28. The van der Waals surface area contributed by atoms with Crippen LogP contribution in [0.25, 0.3) is 0 Å². The van der Waals surface area contributed by atoms with Gasteiger partial charge in [-0.3, -0.25) is 13.9 Å². The lowest BCUT2D eigenvalue weighted by atomic mass is 10.1. The summed E-state index contributed by atoms with van der Waals surface area (Å²) in [6, 6.07) is 16.4. The molecule has 0 radical (unpaired) electrons. The molecular weight excluding hydrogens is 537 g/mol. The van der Waals surface area contributed by atoms with Crippen LogP contribution in [0.2, 0.25) is 0 Å². The van der Waals surface area contributed by atoms with Gasteiger partial charge < -0.3 is 19.7 Å². The van der Waals surface area contributed by atoms with E-state index in [1.54, 1.807) is 45.0 Å². The van der Waals surface area contributed by atoms with Crippen LogP contribution in [0.15, 0.2) is 77.7 Å². The number of rotatable bonds is 12. The average Bonchev–Trinajstić information content (AvgIpc) is 2.94. The van der Waals surface area contributed by atoms with Crippen molar-refractivity contribution in [2.75, 3.05) is 25.1 Å². The second-order valence-corrected chi connectivity index (χ2v) is 11.2. The van der Waals surface area contributed by atoms with Crippen molar-refractivity contribution in [1.82, 2.24) is 10.2 Å². The third-order valence-electron chi connectivity index (χ3n) is 6.15. The van der Waals surface area contributed by atoms with Gasteiger partial charge in [-0.2, -0.15) is 0 Å². The lowest BCUT2D eigenvalue weighted by Crippen LogP contribution is -2.52. The summed E-state index contributed by atoms with van der Waals surface area (Å²) >= 11 is 0. The Hall–Kier alpha value is -4.12. The Morgan fingerprint density at radius 3 is 1.88 bits per heavy atom. The maximum atomic E-state index is 13.9. The van der Waals surface area contributed by atoms with Crippen LogP contribution >= 0.6 is 0 Å². The fraction of sp³-hybridized carbons (Fsp3) is 0.310. The Kier molecular flexibility index (Phi) is 10.1. The summed E-state index contributed by atoms with van der Waals surface area (Å²) < 4.78 is 52.5. The summed E-state index contributed by atoms with van der Waals surface area (Å²) in [5.74, 6) is -0.483. The van der Waals surface area contributed by atoms with E-state index in [-0.39, 0.29) is 29.1 Å². The average molecular weight is 572 g/mol. The molecule has 214 valence electrons. The zero-order valence-electron chi connectivity index (χ0n) is 23.1. The molecule has 1 N–H and O–H groups in total. The highest BCUT2D eigenvalue weighted by Gasteiger charge is 2.32. The Morgan fingerprint density at radius 1 is 0.850 bits per heavy atom. The maximum Gasteiger partial charge on any atom is 0.264 e. The van der Waals surface area contributed by atoms with Crippen LogP contribution < -0.4 is 19.1 Å². The summed E-state index contributed by atoms with van der Waals surface area (Å²) in [7, 11) is -1.28. The number of hydrogen-bond donors (Lipinski definition) is 1. The van der Waals surface area contributed by atoms with Gasteiger partial charge in [-0.15, -0.1) is 0 Å². The van der Waals surface area contributed by atoms with E-state index < -0.39 is 34.3 Å². The largest absolute Gasteiger partial charge is 0.497 e. The van der Waals surface area contributed by atoms with Crippen molar-refractivity contribution in [1.29, 1.82) is 0 Å². The fourth-order valence-corrected chi connectivity index (χ4v) is 5.34. The number of carbonyl (C=O) groups excluding carboxylic acids is 2. The van der Waals surface area contributed by atoms with Gasteiger partial charge in [-0.25, -0.2) is 12.8 Å². The molecule has 0 aliphatic heterocycles. The van der Waals surface area contributed by atoms with Crippen molar-refractivity contribution in [3.8, 4) is 11.5 Å². The Balaban J connectivity index is 2.01. The maximum absolute atomic E-state index is 13.9. The molecule has 0 spiro atoms. The molecule has 3 aromatic rings. The van der Waals surface area contributed by atoms with Crippen LogP contribution in [-0.4, -0.2) is 58.0 Å². The second kappa shape index (κ2) is 13.3. The molecule has 9 nitrogen and oxygen atoms in total. The van der Waals surface area contributed by atoms with E-state index in [0.717, 1.165) is 16.4 Å². The number of methoxy groups -OCH3 is 2. The van der Waals surface area contributed by atoms with Crippen molar-refractivity contribution < 1.29 is 31.9 Å². The van der Waals surface area contributed by atoms with Gasteiger partial charge in [0.25, 0.3) is 10.0 Å². The van der Waals surface area contributed by atoms with Crippen molar-refractivity contribution in [3.05, 3.63) is 84.2 Å². The van der Waals surface area contributed by atoms with Crippen LogP contribution in [-0.2, 0) is 26.2 Å². The molecule has 0 aliphatic carbocycles. The Morgan fingerprint density at radius 2 is 1.38 bits per heavy atom. The highest BCUT2D eigenvalue weighted by atomic mass is 32.2. The topological polar surface area (TPSA) is 105 Å². The molecule has 11 heteroatoms. The molecule has 0 saturated heterocycles. The molecule has 3 rings (SSSR count). The highest BCUT2D eigenvalue weighted by molar-refractivity contribution is 7.92. The Bertz CT molecular complexity index is 1400. The summed E-state index contributed by atoms with van der Waals surface area (Å²) in [5, 5.41) is 2.80. The number of nitrogens with zero attached hydrogens (tertiary/aromatic N) is 2. The van der Waals surface area contributed by atoms with Crippen molar-refractivity contribution in [3.63, 3.8) is 0 Å². The van der Waals surface area contributed by atoms with E-state index in [9.17, 15) is 22.4 Å². The van der Waals surface area contributed by atoms with Gasteiger partial charge in [0.05, 0.1) is 24.8 Å². The van der Waals surface area contributed by atoms with E-state index in [0.29, 0.717) is 17.1 Å². The molecule has 0 bridgehead atoms. The number of nitrogens with one attached hydrogen (secondary N) is 1. The zero-order chi connectivity index (χ0) is 29.4. The van der Waals surface area contributed by atoms with Crippen molar-refractivity contribution >= 4 is 27.5 Å². The summed E-state index contributed by atoms with van der Waals surface area (Å²) in [5.41, 5.74) is 0.805. The van der Waals surface area contributed by atoms with Gasteiger partial charge in [-0.1, -0.05) is 12.1 Å². The minimum Gasteiger partial charge on any atom is -0.497 e. The van der Waals surface area contributed by atoms with E-state index in [2.05, 4.69) is 5.32 Å². The molecule has 0 fully saturated rings. The highest BCUT2D eigenvalue weighted by Crippen LogP contribution is 2.26. The van der Waals surface area contributed by atoms with Crippen LogP contribution in [0.3, 0.4) is 0 Å². The van der Waals surface area contributed by atoms with Crippen LogP contribution in [0.1, 0.15) is 26.3 Å². The lowest BCUT2D eigenvalue weighted by Gasteiger charge is -2.32. The van der Waals surface area contributed by atoms with E-state index in [1.165, 1.54) is 55.5 Å². The Labute approximate surface area is 234 Å². The van der Waals surface area contributed by atoms with Crippen LogP contribution in [0.4, 0.5) is 10.1 Å². The van der Waals surface area contributed by atoms with Crippen molar-refractivity contribution in [2.45, 2.75) is 44.3 Å². The summed E-state index contributed by atoms with van der Waals surface area (Å²) in [6.45, 7) is 4.60. The van der Waals surface area contributed by atoms with Gasteiger partial charge >= 0.3 is 0 Å². The predicted octanol–water partition coefficient (Wildman–Crippen LogP) is 3.98. The molecule has 0 aromatic heterocycles. The second-order valence-electron chi connectivity index (χ2n) is 9.37. The zero-order valence-corrected chi connectivity index (χ0v) is 23.9. The van der Waals surface area contributed by atoms with E-state index in [4.69, 9.17) is 9.47 Å². The smallest absolute Gasteiger partial charge is 0.264 e. The normalized spacial score (nSPS) is 12.0. The quantitative estimate of drug-likeness (QED) is 0.353. The monoisotopic (exact) mass is 571 g/mol. The molecule has 1 atom stereocenters. The first-order valence-electron chi connectivity index (χ1n) is 12.6. The summed E-state index contributed by atoms with van der Waals surface area (Å²) in [6.07, 6.45) is 0. The SMILES string of the molecule is COc1ccc(CN(C(=O)CN(c2ccc(F)cc2)S(=O)(=O)c2ccc(OC)cc2)[C@H](C)C(=O)NC(C)C)cc1. The minimum absolute atomic E-state index is 0.0371. The van der Waals surface area contributed by atoms with E-state index >= 15 is 0 Å². The molecular formula is C29H34FN3O6S. The molecule has 0 saturated carbocycles. The standard InChI is InChI=1S/C29H34FN3O6S/c1-20(2)31-29(35)21(3)32(18-22-6-12-25(38-4)13-7-22)28(34)19-33(24-10-8-23(30)9-11-24)40(36,37)27-16-14-26(39-5)15-17-27/h6-17,20-21H,18-19H2,1-5H3,(H,31,35)/t21-/m1/s1. The summed E-state index contributed by atoms with van der Waals surface area (Å²) in [4.78, 5) is 28.0. The molecule has 0 heterocycles. The number of anilines is 1. The number of benzene rings is 3. The van der Waals surface area contributed by atoms with Crippen molar-refractivity contribution in [2.24, 2.45) is 0 Å².